The first kappa shape index (κ1) is 11.3. The molecule has 1 unspecified atom stereocenters. The Morgan fingerprint density at radius 3 is 2.83 bits per heavy atom. The van der Waals surface area contributed by atoms with Gasteiger partial charge in [-0.1, -0.05) is 6.92 Å². The second-order valence-electron chi connectivity index (χ2n) is 4.92. The lowest BCUT2D eigenvalue weighted by Crippen LogP contribution is -2.35. The summed E-state index contributed by atoms with van der Waals surface area (Å²) in [6.07, 6.45) is 4.87. The number of rotatable bonds is 3. The van der Waals surface area contributed by atoms with Crippen molar-refractivity contribution in [1.29, 1.82) is 0 Å². The molecular weight excluding hydrogens is 230 g/mol. The molecule has 0 saturated heterocycles. The van der Waals surface area contributed by atoms with Crippen molar-refractivity contribution < 1.29 is 4.79 Å². The minimum absolute atomic E-state index is 0.203. The zero-order chi connectivity index (χ0) is 12.9. The molecule has 2 aliphatic rings. The van der Waals surface area contributed by atoms with E-state index in [4.69, 9.17) is 5.73 Å². The lowest BCUT2D eigenvalue weighted by molar-refractivity contribution is 0.203. The number of urea groups is 1. The predicted molar refractivity (Wildman–Crippen MR) is 67.2 cm³/mol. The molecular formula is C12H17N5O. The minimum Gasteiger partial charge on any atom is -0.385 e. The van der Waals surface area contributed by atoms with Gasteiger partial charge in [0.25, 0.3) is 0 Å². The molecule has 0 bridgehead atoms. The van der Waals surface area contributed by atoms with E-state index in [1.807, 2.05) is 18.1 Å². The maximum absolute atomic E-state index is 11.9. The lowest BCUT2D eigenvalue weighted by atomic mass is 10.0. The third-order valence-corrected chi connectivity index (χ3v) is 3.51. The molecule has 2 N–H and O–H groups in total. The van der Waals surface area contributed by atoms with E-state index in [0.29, 0.717) is 11.9 Å². The largest absolute Gasteiger partial charge is 0.385 e. The summed E-state index contributed by atoms with van der Waals surface area (Å²) in [5.41, 5.74) is 7.94. The van der Waals surface area contributed by atoms with Gasteiger partial charge in [0, 0.05) is 24.8 Å². The smallest absolute Gasteiger partial charge is 0.346 e. The first-order chi connectivity index (χ1) is 8.61. The van der Waals surface area contributed by atoms with E-state index in [2.05, 4.69) is 17.0 Å². The topological polar surface area (TPSA) is 76.5 Å². The number of hydrogen-bond acceptors (Lipinski definition) is 3. The molecule has 3 rings (SSSR count). The highest BCUT2D eigenvalue weighted by atomic mass is 16.2. The van der Waals surface area contributed by atoms with Gasteiger partial charge in [0.1, 0.15) is 11.9 Å². The van der Waals surface area contributed by atoms with Gasteiger partial charge in [-0.3, -0.25) is 4.68 Å². The summed E-state index contributed by atoms with van der Waals surface area (Å²) >= 11 is 0. The van der Waals surface area contributed by atoms with Crippen LogP contribution in [-0.4, -0.2) is 32.6 Å². The standard InChI is InChI=1S/C12H17N5O/c1-3-9-8(6-16(2)15-9)10-11(13)14-12(18)17(10)7-4-5-7/h6-7,10H,3-5H2,1-2H3,(H2,13,14,18). The molecule has 2 heterocycles. The Bertz CT molecular complexity index is 529. The van der Waals surface area contributed by atoms with Crippen LogP contribution >= 0.6 is 0 Å². The number of nitrogens with two attached hydrogens (primary N) is 1. The Kier molecular flexibility index (Phi) is 2.39. The fourth-order valence-electron chi connectivity index (χ4n) is 2.57. The van der Waals surface area contributed by atoms with E-state index < -0.39 is 0 Å². The normalized spacial score (nSPS) is 23.7. The Balaban J connectivity index is 2.02. The molecule has 1 aromatic rings. The number of aromatic nitrogens is 2. The van der Waals surface area contributed by atoms with Crippen LogP contribution in [0.5, 0.6) is 0 Å². The van der Waals surface area contributed by atoms with Gasteiger partial charge in [0.05, 0.1) is 5.69 Å². The molecule has 18 heavy (non-hydrogen) atoms. The number of amides is 2. The second-order valence-corrected chi connectivity index (χ2v) is 4.92. The Hall–Kier alpha value is -1.85. The van der Waals surface area contributed by atoms with Gasteiger partial charge in [0.15, 0.2) is 0 Å². The summed E-state index contributed by atoms with van der Waals surface area (Å²) in [5, 5.41) is 4.42. The monoisotopic (exact) mass is 247 g/mol. The van der Waals surface area contributed by atoms with Gasteiger partial charge in [-0.2, -0.15) is 10.1 Å². The molecule has 1 saturated carbocycles. The van der Waals surface area contributed by atoms with Crippen molar-refractivity contribution in [2.75, 3.05) is 0 Å². The summed E-state index contributed by atoms with van der Waals surface area (Å²) in [7, 11) is 1.88. The highest BCUT2D eigenvalue weighted by Crippen LogP contribution is 2.38. The number of aryl methyl sites for hydroxylation is 2. The van der Waals surface area contributed by atoms with Gasteiger partial charge in [-0.15, -0.1) is 0 Å². The van der Waals surface area contributed by atoms with Gasteiger partial charge in [0.2, 0.25) is 0 Å². The summed E-state index contributed by atoms with van der Waals surface area (Å²) in [6.45, 7) is 2.05. The SMILES string of the molecule is CCc1nn(C)cc1C1C(N)=NC(=O)N1C1CC1. The van der Waals surface area contributed by atoms with E-state index in [1.165, 1.54) is 0 Å². The summed E-state index contributed by atoms with van der Waals surface area (Å²) < 4.78 is 1.77. The number of hydrogen-bond donors (Lipinski definition) is 1. The number of nitrogens with zero attached hydrogens (tertiary/aromatic N) is 4. The number of carbonyl (C=O) groups is 1. The van der Waals surface area contributed by atoms with Crippen molar-refractivity contribution in [3.05, 3.63) is 17.5 Å². The predicted octanol–water partition coefficient (Wildman–Crippen LogP) is 0.979. The third kappa shape index (κ3) is 1.60. The molecule has 1 aliphatic heterocycles. The van der Waals surface area contributed by atoms with E-state index in [9.17, 15) is 4.79 Å². The fourth-order valence-corrected chi connectivity index (χ4v) is 2.57. The molecule has 6 heteroatoms. The highest BCUT2D eigenvalue weighted by molar-refractivity contribution is 6.03. The molecule has 0 radical (unpaired) electrons. The Labute approximate surface area is 105 Å². The molecule has 1 atom stereocenters. The quantitative estimate of drug-likeness (QED) is 0.865. The van der Waals surface area contributed by atoms with Crippen LogP contribution in [0.1, 0.15) is 37.1 Å². The van der Waals surface area contributed by atoms with Crippen LogP contribution in [0.2, 0.25) is 0 Å². The molecule has 6 nitrogen and oxygen atoms in total. The van der Waals surface area contributed by atoms with E-state index in [-0.39, 0.29) is 12.1 Å². The molecule has 96 valence electrons. The van der Waals surface area contributed by atoms with Crippen molar-refractivity contribution in [3.8, 4) is 0 Å². The van der Waals surface area contributed by atoms with Crippen molar-refractivity contribution >= 4 is 11.9 Å². The van der Waals surface area contributed by atoms with Crippen LogP contribution in [0.4, 0.5) is 4.79 Å². The number of carbonyl (C=O) groups excluding carboxylic acids is 1. The van der Waals surface area contributed by atoms with Crippen LogP contribution in [-0.2, 0) is 13.5 Å². The van der Waals surface area contributed by atoms with Crippen molar-refractivity contribution in [2.24, 2.45) is 17.8 Å². The highest BCUT2D eigenvalue weighted by Gasteiger charge is 2.44. The zero-order valence-electron chi connectivity index (χ0n) is 10.6. The molecule has 1 aliphatic carbocycles. The molecule has 2 amide bonds. The maximum atomic E-state index is 11.9. The second kappa shape index (κ2) is 3.83. The third-order valence-electron chi connectivity index (χ3n) is 3.51. The average Bonchev–Trinajstić information content (AvgIpc) is 3.02. The Morgan fingerprint density at radius 2 is 2.22 bits per heavy atom. The number of aliphatic imine (C=N–C) groups is 1. The van der Waals surface area contributed by atoms with Gasteiger partial charge in [-0.25, -0.2) is 4.79 Å². The summed E-state index contributed by atoms with van der Waals surface area (Å²) in [6, 6.07) is -0.114. The van der Waals surface area contributed by atoms with E-state index in [1.54, 1.807) is 4.68 Å². The van der Waals surface area contributed by atoms with Crippen molar-refractivity contribution in [3.63, 3.8) is 0 Å². The summed E-state index contributed by atoms with van der Waals surface area (Å²) in [5.74, 6) is 0.398. The first-order valence-corrected chi connectivity index (χ1v) is 6.30. The minimum atomic E-state index is -0.214. The molecule has 0 aromatic carbocycles. The molecule has 0 spiro atoms. The fraction of sp³-hybridized carbons (Fsp3) is 0.583. The van der Waals surface area contributed by atoms with Crippen LogP contribution in [0.3, 0.4) is 0 Å². The maximum Gasteiger partial charge on any atom is 0.346 e. The van der Waals surface area contributed by atoms with E-state index >= 15 is 0 Å². The average molecular weight is 247 g/mol. The van der Waals surface area contributed by atoms with Crippen molar-refractivity contribution in [1.82, 2.24) is 14.7 Å². The number of amidine groups is 1. The van der Waals surface area contributed by atoms with Crippen LogP contribution in [0.15, 0.2) is 11.2 Å². The molecule has 1 fully saturated rings. The first-order valence-electron chi connectivity index (χ1n) is 6.30. The lowest BCUT2D eigenvalue weighted by Gasteiger charge is -2.23. The zero-order valence-corrected chi connectivity index (χ0v) is 10.6. The summed E-state index contributed by atoms with van der Waals surface area (Å²) in [4.78, 5) is 17.6. The van der Waals surface area contributed by atoms with Crippen LogP contribution < -0.4 is 5.73 Å². The van der Waals surface area contributed by atoms with Crippen LogP contribution in [0.25, 0.3) is 0 Å². The Morgan fingerprint density at radius 1 is 1.50 bits per heavy atom. The van der Waals surface area contributed by atoms with E-state index in [0.717, 1.165) is 30.5 Å². The van der Waals surface area contributed by atoms with Gasteiger partial charge in [-0.05, 0) is 19.3 Å². The van der Waals surface area contributed by atoms with Crippen LogP contribution in [0, 0.1) is 0 Å². The van der Waals surface area contributed by atoms with Gasteiger partial charge >= 0.3 is 6.03 Å². The van der Waals surface area contributed by atoms with Gasteiger partial charge < -0.3 is 10.6 Å². The molecule has 1 aromatic heterocycles. The van der Waals surface area contributed by atoms with Crippen molar-refractivity contribution in [2.45, 2.75) is 38.3 Å².